The number of likely N-dealkylation sites (N-methyl/N-ethyl adjacent to an activating group) is 1. The van der Waals surface area contributed by atoms with Crippen LogP contribution in [0.2, 0.25) is 0 Å². The lowest BCUT2D eigenvalue weighted by atomic mass is 10.0. The maximum Gasteiger partial charge on any atom is 0.247 e. The second kappa shape index (κ2) is 10.8. The minimum atomic E-state index is -3.86. The molecule has 8 heteroatoms. The van der Waals surface area contributed by atoms with Crippen molar-refractivity contribution in [2.45, 2.75) is 44.4 Å². The molecule has 0 radical (unpaired) electrons. The first-order valence-electron chi connectivity index (χ1n) is 11.2. The second-order valence-corrected chi connectivity index (χ2v) is 10.6. The van der Waals surface area contributed by atoms with Gasteiger partial charge in [-0.1, -0.05) is 43.3 Å². The van der Waals surface area contributed by atoms with Crippen LogP contribution in [0.25, 0.3) is 6.08 Å². The summed E-state index contributed by atoms with van der Waals surface area (Å²) in [6.07, 6.45) is 3.42. The summed E-state index contributed by atoms with van der Waals surface area (Å²) in [6, 6.07) is 11.1. The van der Waals surface area contributed by atoms with Crippen molar-refractivity contribution in [3.8, 4) is 5.75 Å². The van der Waals surface area contributed by atoms with E-state index in [0.29, 0.717) is 18.7 Å². The van der Waals surface area contributed by atoms with Crippen molar-refractivity contribution in [2.75, 3.05) is 26.7 Å². The number of hydrogen-bond acceptors (Lipinski definition) is 5. The summed E-state index contributed by atoms with van der Waals surface area (Å²) in [5, 5.41) is 9.74. The Morgan fingerprint density at radius 3 is 2.70 bits per heavy atom. The van der Waals surface area contributed by atoms with E-state index in [1.165, 1.54) is 10.4 Å². The molecule has 1 heterocycles. The summed E-state index contributed by atoms with van der Waals surface area (Å²) in [4.78, 5) is 2.06. The molecule has 1 aliphatic heterocycles. The van der Waals surface area contributed by atoms with Crippen molar-refractivity contribution in [1.29, 1.82) is 0 Å². The number of aliphatic hydroxyl groups is 1. The van der Waals surface area contributed by atoms with Crippen molar-refractivity contribution >= 4 is 16.1 Å². The van der Waals surface area contributed by atoms with Crippen LogP contribution in [0.5, 0.6) is 5.75 Å². The third-order valence-electron chi connectivity index (χ3n) is 5.94. The molecule has 0 unspecified atom stereocenters. The molecule has 2 aromatic rings. The predicted molar refractivity (Wildman–Crippen MR) is 128 cm³/mol. The first-order valence-corrected chi connectivity index (χ1v) is 12.6. The van der Waals surface area contributed by atoms with Crippen LogP contribution in [0.15, 0.2) is 53.4 Å². The van der Waals surface area contributed by atoms with Gasteiger partial charge in [-0.05, 0) is 44.7 Å². The largest absolute Gasteiger partial charge is 0.487 e. The van der Waals surface area contributed by atoms with E-state index in [-0.39, 0.29) is 41.6 Å². The maximum atomic E-state index is 14.1. The normalized spacial score (nSPS) is 21.9. The lowest BCUT2D eigenvalue weighted by Crippen LogP contribution is -2.49. The summed E-state index contributed by atoms with van der Waals surface area (Å²) in [5.74, 6) is -0.140. The van der Waals surface area contributed by atoms with Crippen molar-refractivity contribution in [3.63, 3.8) is 0 Å². The molecule has 3 rings (SSSR count). The zero-order valence-corrected chi connectivity index (χ0v) is 20.4. The quantitative estimate of drug-likeness (QED) is 0.659. The molecule has 0 bridgehead atoms. The number of ether oxygens (including phenoxy) is 1. The van der Waals surface area contributed by atoms with E-state index in [1.807, 2.05) is 37.9 Å². The summed E-state index contributed by atoms with van der Waals surface area (Å²) in [5.41, 5.74) is 1.42. The molecule has 1 aliphatic rings. The topological polar surface area (TPSA) is 70.1 Å². The van der Waals surface area contributed by atoms with Crippen LogP contribution in [0, 0.1) is 11.7 Å². The average molecular weight is 477 g/mol. The van der Waals surface area contributed by atoms with Gasteiger partial charge in [0.1, 0.15) is 22.6 Å². The third kappa shape index (κ3) is 5.81. The molecule has 0 spiro atoms. The number of rotatable bonds is 7. The molecule has 1 N–H and O–H groups in total. The summed E-state index contributed by atoms with van der Waals surface area (Å²) >= 11 is 0. The summed E-state index contributed by atoms with van der Waals surface area (Å²) < 4.78 is 48.8. The van der Waals surface area contributed by atoms with Gasteiger partial charge in [-0.2, -0.15) is 4.31 Å². The molecule has 0 saturated carbocycles. The van der Waals surface area contributed by atoms with Crippen LogP contribution in [0.3, 0.4) is 0 Å². The average Bonchev–Trinajstić information content (AvgIpc) is 2.77. The highest BCUT2D eigenvalue weighted by atomic mass is 32.2. The minimum absolute atomic E-state index is 0.0877. The van der Waals surface area contributed by atoms with Crippen LogP contribution in [-0.4, -0.2) is 61.6 Å². The van der Waals surface area contributed by atoms with Gasteiger partial charge in [-0.3, -0.25) is 4.90 Å². The van der Waals surface area contributed by atoms with Crippen LogP contribution in [0.1, 0.15) is 31.9 Å². The third-order valence-corrected chi connectivity index (χ3v) is 7.96. The van der Waals surface area contributed by atoms with Crippen LogP contribution in [-0.2, 0) is 16.6 Å². The Hall–Kier alpha value is -2.26. The molecule has 0 aliphatic carbocycles. The van der Waals surface area contributed by atoms with Crippen molar-refractivity contribution in [2.24, 2.45) is 5.92 Å². The SMILES string of the molecule is C/C=C/c1ccc2c(c1)O[C@H](CN(C)Cc1ccccc1F)[C@@H](C)CN([C@@H](C)CO)S2(=O)=O. The molecular formula is C25H33FN2O4S. The van der Waals surface area contributed by atoms with Gasteiger partial charge in [-0.15, -0.1) is 0 Å². The Morgan fingerprint density at radius 2 is 2.03 bits per heavy atom. The van der Waals surface area contributed by atoms with Gasteiger partial charge >= 0.3 is 0 Å². The van der Waals surface area contributed by atoms with E-state index in [4.69, 9.17) is 4.74 Å². The van der Waals surface area contributed by atoms with Gasteiger partial charge in [0, 0.05) is 37.2 Å². The fraction of sp³-hybridized carbons (Fsp3) is 0.440. The first-order chi connectivity index (χ1) is 15.7. The highest BCUT2D eigenvalue weighted by Gasteiger charge is 2.38. The minimum Gasteiger partial charge on any atom is -0.487 e. The Bertz CT molecular complexity index is 1090. The van der Waals surface area contributed by atoms with E-state index in [1.54, 1.807) is 43.3 Å². The maximum absolute atomic E-state index is 14.1. The Balaban J connectivity index is 1.97. The van der Waals surface area contributed by atoms with E-state index >= 15 is 0 Å². The standard InChI is InChI=1S/C25H33FN2O4S/c1-5-8-20-11-12-25-23(13-20)32-24(16-27(4)15-21-9-6-7-10-22(21)26)18(2)14-28(19(3)17-29)33(25,30)31/h5-13,18-19,24,29H,14-17H2,1-4H3/b8-5+/t18-,19-,24+/m0/s1. The summed E-state index contributed by atoms with van der Waals surface area (Å²) in [7, 11) is -1.97. The van der Waals surface area contributed by atoms with E-state index in [9.17, 15) is 17.9 Å². The van der Waals surface area contributed by atoms with Crippen LogP contribution in [0.4, 0.5) is 4.39 Å². The van der Waals surface area contributed by atoms with Gasteiger partial charge in [0.25, 0.3) is 0 Å². The number of nitrogens with zero attached hydrogens (tertiary/aromatic N) is 2. The Labute approximate surface area is 196 Å². The first kappa shape index (κ1) is 25.4. The molecule has 3 atom stereocenters. The number of halogens is 1. The van der Waals surface area contributed by atoms with Crippen molar-refractivity contribution in [3.05, 3.63) is 65.5 Å². The Kier molecular flexibility index (Phi) is 8.28. The number of benzene rings is 2. The molecule has 0 aromatic heterocycles. The van der Waals surface area contributed by atoms with E-state index < -0.39 is 16.1 Å². The van der Waals surface area contributed by atoms with Gasteiger partial charge in [0.2, 0.25) is 10.0 Å². The number of aliphatic hydroxyl groups excluding tert-OH is 1. The van der Waals surface area contributed by atoms with Gasteiger partial charge in [-0.25, -0.2) is 12.8 Å². The lowest BCUT2D eigenvalue weighted by Gasteiger charge is -2.37. The molecule has 0 saturated heterocycles. The molecule has 33 heavy (non-hydrogen) atoms. The Morgan fingerprint density at radius 1 is 1.30 bits per heavy atom. The fourth-order valence-corrected chi connectivity index (χ4v) is 5.87. The predicted octanol–water partition coefficient (Wildman–Crippen LogP) is 3.76. The fourth-order valence-electron chi connectivity index (χ4n) is 4.05. The number of fused-ring (bicyclic) bond motifs is 1. The molecule has 2 aromatic carbocycles. The number of sulfonamides is 1. The van der Waals surface area contributed by atoms with Crippen LogP contribution < -0.4 is 4.74 Å². The smallest absolute Gasteiger partial charge is 0.247 e. The zero-order chi connectivity index (χ0) is 24.2. The molecule has 6 nitrogen and oxygen atoms in total. The zero-order valence-electron chi connectivity index (χ0n) is 19.6. The molecule has 180 valence electrons. The van der Waals surface area contributed by atoms with Gasteiger partial charge in [0.05, 0.1) is 6.61 Å². The van der Waals surface area contributed by atoms with Gasteiger partial charge in [0.15, 0.2) is 0 Å². The van der Waals surface area contributed by atoms with E-state index in [2.05, 4.69) is 0 Å². The molecular weight excluding hydrogens is 443 g/mol. The van der Waals surface area contributed by atoms with Crippen LogP contribution >= 0.6 is 0 Å². The molecule has 0 amide bonds. The second-order valence-electron chi connectivity index (χ2n) is 8.73. The molecule has 0 fully saturated rings. The van der Waals surface area contributed by atoms with E-state index in [0.717, 1.165) is 5.56 Å². The number of hydrogen-bond donors (Lipinski definition) is 1. The highest BCUT2D eigenvalue weighted by molar-refractivity contribution is 7.89. The van der Waals surface area contributed by atoms with Gasteiger partial charge < -0.3 is 9.84 Å². The lowest BCUT2D eigenvalue weighted by molar-refractivity contribution is 0.0731. The van der Waals surface area contributed by atoms with Crippen molar-refractivity contribution in [1.82, 2.24) is 9.21 Å². The number of allylic oxidation sites excluding steroid dienone is 1. The summed E-state index contributed by atoms with van der Waals surface area (Å²) in [6.45, 7) is 6.33. The van der Waals surface area contributed by atoms with Crippen molar-refractivity contribution < 1.29 is 22.7 Å². The monoisotopic (exact) mass is 476 g/mol. The highest BCUT2D eigenvalue weighted by Crippen LogP contribution is 2.34.